The second-order valence-corrected chi connectivity index (χ2v) is 4.48. The maximum Gasteiger partial charge on any atom is 0.251 e. The lowest BCUT2D eigenvalue weighted by molar-refractivity contribution is 0.0996. The number of benzene rings is 1. The number of amides is 1. The van der Waals surface area contributed by atoms with Crippen molar-refractivity contribution in [3.8, 4) is 5.69 Å². The molecule has 19 heavy (non-hydrogen) atoms. The van der Waals surface area contributed by atoms with Crippen molar-refractivity contribution >= 4 is 5.91 Å². The lowest BCUT2D eigenvalue weighted by Crippen LogP contribution is -2.16. The van der Waals surface area contributed by atoms with Crippen LogP contribution < -0.4 is 5.73 Å². The van der Waals surface area contributed by atoms with Crippen LogP contribution in [0.15, 0.2) is 30.6 Å². The summed E-state index contributed by atoms with van der Waals surface area (Å²) >= 11 is 0. The minimum absolute atomic E-state index is 0.113. The molecule has 1 aromatic heterocycles. The molecule has 6 heteroatoms. The van der Waals surface area contributed by atoms with Gasteiger partial charge in [-0.2, -0.15) is 0 Å². The molecule has 0 saturated carbocycles. The number of aromatic nitrogens is 2. The third-order valence-electron chi connectivity index (χ3n) is 2.67. The first kappa shape index (κ1) is 13.2. The number of carbonyl (C=O) groups is 1. The summed E-state index contributed by atoms with van der Waals surface area (Å²) in [6.07, 6.45) is 3.40. The van der Waals surface area contributed by atoms with Crippen LogP contribution in [0.1, 0.15) is 16.2 Å². The molecule has 0 atom stereocenters. The quantitative estimate of drug-likeness (QED) is 0.899. The lowest BCUT2D eigenvalue weighted by atomic mass is 10.2. The number of nitrogens with two attached hydrogens (primary N) is 1. The third kappa shape index (κ3) is 2.79. The molecule has 0 radical (unpaired) electrons. The van der Waals surface area contributed by atoms with Crippen LogP contribution in [0.25, 0.3) is 5.69 Å². The normalized spacial score (nSPS) is 10.9. The van der Waals surface area contributed by atoms with E-state index in [1.54, 1.807) is 23.0 Å². The van der Waals surface area contributed by atoms with Gasteiger partial charge in [0.15, 0.2) is 0 Å². The first-order chi connectivity index (χ1) is 8.99. The average molecular weight is 262 g/mol. The van der Waals surface area contributed by atoms with Gasteiger partial charge >= 0.3 is 0 Å². The number of primary amides is 1. The molecule has 1 aromatic carbocycles. The van der Waals surface area contributed by atoms with Crippen molar-refractivity contribution in [2.75, 3.05) is 14.1 Å². The van der Waals surface area contributed by atoms with Crippen LogP contribution in [0, 0.1) is 5.82 Å². The average Bonchev–Trinajstić information content (AvgIpc) is 2.75. The number of halogens is 1. The van der Waals surface area contributed by atoms with Gasteiger partial charge in [0, 0.05) is 18.1 Å². The molecule has 0 saturated heterocycles. The molecule has 0 aliphatic heterocycles. The Labute approximate surface area is 110 Å². The summed E-state index contributed by atoms with van der Waals surface area (Å²) in [5.41, 5.74) is 5.57. The summed E-state index contributed by atoms with van der Waals surface area (Å²) in [7, 11) is 3.85. The molecular formula is C13H15FN4O. The zero-order valence-corrected chi connectivity index (χ0v) is 10.8. The maximum absolute atomic E-state index is 13.7. The molecule has 0 aliphatic carbocycles. The molecule has 2 rings (SSSR count). The summed E-state index contributed by atoms with van der Waals surface area (Å²) in [6, 6.07) is 4.30. The zero-order valence-electron chi connectivity index (χ0n) is 10.8. The smallest absolute Gasteiger partial charge is 0.251 e. The van der Waals surface area contributed by atoms with E-state index >= 15 is 0 Å². The van der Waals surface area contributed by atoms with Gasteiger partial charge in [0.25, 0.3) is 5.91 Å². The fraction of sp³-hybridized carbons (Fsp3) is 0.231. The molecule has 0 unspecified atom stereocenters. The van der Waals surface area contributed by atoms with Crippen molar-refractivity contribution < 1.29 is 9.18 Å². The Balaban J connectivity index is 2.40. The van der Waals surface area contributed by atoms with E-state index in [2.05, 4.69) is 4.98 Å². The highest BCUT2D eigenvalue weighted by Crippen LogP contribution is 2.16. The highest BCUT2D eigenvalue weighted by molar-refractivity contribution is 5.93. The largest absolute Gasteiger partial charge is 0.366 e. The maximum atomic E-state index is 13.7. The number of carbonyl (C=O) groups excluding carboxylic acids is 1. The van der Waals surface area contributed by atoms with E-state index in [0.717, 1.165) is 5.82 Å². The van der Waals surface area contributed by atoms with E-state index in [4.69, 9.17) is 5.73 Å². The molecular weight excluding hydrogens is 247 g/mol. The Kier molecular flexibility index (Phi) is 3.62. The van der Waals surface area contributed by atoms with Gasteiger partial charge in [-0.25, -0.2) is 9.37 Å². The minimum Gasteiger partial charge on any atom is -0.366 e. The monoisotopic (exact) mass is 262 g/mol. The number of hydrogen-bond donors (Lipinski definition) is 1. The Morgan fingerprint density at radius 1 is 1.47 bits per heavy atom. The summed E-state index contributed by atoms with van der Waals surface area (Å²) < 4.78 is 15.5. The predicted molar refractivity (Wildman–Crippen MR) is 69.4 cm³/mol. The van der Waals surface area contributed by atoms with E-state index in [9.17, 15) is 9.18 Å². The van der Waals surface area contributed by atoms with Crippen LogP contribution in [0.2, 0.25) is 0 Å². The van der Waals surface area contributed by atoms with E-state index in [1.165, 1.54) is 12.1 Å². The highest BCUT2D eigenvalue weighted by atomic mass is 19.1. The van der Waals surface area contributed by atoms with Gasteiger partial charge in [0.1, 0.15) is 11.6 Å². The molecule has 1 heterocycles. The van der Waals surface area contributed by atoms with Crippen molar-refractivity contribution in [3.05, 3.63) is 47.8 Å². The molecule has 100 valence electrons. The molecule has 2 N–H and O–H groups in total. The standard InChI is InChI=1S/C13H15FN4O/c1-17(2)8-12-16-5-6-18(12)9-3-4-10(13(15)19)11(14)7-9/h3-7H,8H2,1-2H3,(H2,15,19). The number of rotatable bonds is 4. The fourth-order valence-corrected chi connectivity index (χ4v) is 1.82. The highest BCUT2D eigenvalue weighted by Gasteiger charge is 2.11. The van der Waals surface area contributed by atoms with E-state index in [1.807, 2.05) is 19.0 Å². The minimum atomic E-state index is -0.775. The second-order valence-electron chi connectivity index (χ2n) is 4.48. The van der Waals surface area contributed by atoms with Gasteiger partial charge in [-0.15, -0.1) is 0 Å². The van der Waals surface area contributed by atoms with Crippen molar-refractivity contribution in [1.29, 1.82) is 0 Å². The molecule has 1 amide bonds. The van der Waals surface area contributed by atoms with Crippen molar-refractivity contribution in [2.45, 2.75) is 6.54 Å². The molecule has 0 aliphatic rings. The molecule has 5 nitrogen and oxygen atoms in total. The van der Waals surface area contributed by atoms with Gasteiger partial charge in [-0.1, -0.05) is 0 Å². The van der Waals surface area contributed by atoms with Gasteiger partial charge in [-0.3, -0.25) is 4.79 Å². The van der Waals surface area contributed by atoms with Crippen LogP contribution in [0.5, 0.6) is 0 Å². The summed E-state index contributed by atoms with van der Waals surface area (Å²) in [5, 5.41) is 0. The van der Waals surface area contributed by atoms with Gasteiger partial charge in [-0.05, 0) is 32.3 Å². The van der Waals surface area contributed by atoms with Gasteiger partial charge in [0.05, 0.1) is 12.1 Å². The van der Waals surface area contributed by atoms with Crippen molar-refractivity contribution in [2.24, 2.45) is 5.73 Å². The number of hydrogen-bond acceptors (Lipinski definition) is 3. The lowest BCUT2D eigenvalue weighted by Gasteiger charge is -2.12. The molecule has 2 aromatic rings. The number of imidazole rings is 1. The van der Waals surface area contributed by atoms with E-state index in [0.29, 0.717) is 12.2 Å². The Bertz CT molecular complexity index is 606. The SMILES string of the molecule is CN(C)Cc1nccn1-c1ccc(C(N)=O)c(F)c1. The first-order valence-electron chi connectivity index (χ1n) is 5.75. The third-order valence-corrected chi connectivity index (χ3v) is 2.67. The predicted octanol–water partition coefficient (Wildman–Crippen LogP) is 1.17. The fourth-order valence-electron chi connectivity index (χ4n) is 1.82. The summed E-state index contributed by atoms with van der Waals surface area (Å²) in [6.45, 7) is 0.631. The second kappa shape index (κ2) is 5.19. The Morgan fingerprint density at radius 3 is 2.79 bits per heavy atom. The Morgan fingerprint density at radius 2 is 2.21 bits per heavy atom. The summed E-state index contributed by atoms with van der Waals surface area (Å²) in [5.74, 6) is -0.617. The van der Waals surface area contributed by atoms with Crippen LogP contribution >= 0.6 is 0 Å². The van der Waals surface area contributed by atoms with E-state index in [-0.39, 0.29) is 5.56 Å². The van der Waals surface area contributed by atoms with Gasteiger partial charge in [0.2, 0.25) is 0 Å². The Hall–Kier alpha value is -2.21. The molecule has 0 fully saturated rings. The molecule has 0 spiro atoms. The van der Waals surface area contributed by atoms with E-state index < -0.39 is 11.7 Å². The van der Waals surface area contributed by atoms with Crippen LogP contribution in [0.3, 0.4) is 0 Å². The van der Waals surface area contributed by atoms with Crippen LogP contribution in [-0.2, 0) is 6.54 Å². The number of nitrogens with zero attached hydrogens (tertiary/aromatic N) is 3. The first-order valence-corrected chi connectivity index (χ1v) is 5.75. The van der Waals surface area contributed by atoms with Crippen molar-refractivity contribution in [3.63, 3.8) is 0 Å². The van der Waals surface area contributed by atoms with Gasteiger partial charge < -0.3 is 15.2 Å². The van der Waals surface area contributed by atoms with Crippen LogP contribution in [0.4, 0.5) is 4.39 Å². The topological polar surface area (TPSA) is 64.2 Å². The van der Waals surface area contributed by atoms with Crippen LogP contribution in [-0.4, -0.2) is 34.5 Å². The summed E-state index contributed by atoms with van der Waals surface area (Å²) in [4.78, 5) is 17.2. The zero-order chi connectivity index (χ0) is 14.0. The molecule has 0 bridgehead atoms. The van der Waals surface area contributed by atoms with Crippen molar-refractivity contribution in [1.82, 2.24) is 14.5 Å².